The van der Waals surface area contributed by atoms with Gasteiger partial charge in [-0.05, 0) is 6.42 Å². The summed E-state index contributed by atoms with van der Waals surface area (Å²) >= 11 is 0. The Labute approximate surface area is 97.7 Å². The Bertz CT molecular complexity index is 293. The molecule has 1 amide bonds. The maximum absolute atomic E-state index is 11.3. The van der Waals surface area contributed by atoms with Gasteiger partial charge in [-0.15, -0.1) is 0 Å². The van der Waals surface area contributed by atoms with Crippen molar-refractivity contribution in [1.82, 2.24) is 5.32 Å². The number of aliphatic carboxylic acids is 2. The molecule has 0 bridgehead atoms. The molecule has 8 heteroatoms. The first-order valence-corrected chi connectivity index (χ1v) is 4.89. The Balaban J connectivity index is 3.99. The van der Waals surface area contributed by atoms with E-state index in [1.807, 2.05) is 0 Å². The summed E-state index contributed by atoms with van der Waals surface area (Å²) < 4.78 is 4.59. The summed E-state index contributed by atoms with van der Waals surface area (Å²) in [6.07, 6.45) is -1.38. The molecule has 0 rings (SSSR count). The molecule has 0 aliphatic carbocycles. The molecule has 98 valence electrons. The lowest BCUT2D eigenvalue weighted by atomic mass is 10.1. The molecule has 8 nitrogen and oxygen atoms in total. The van der Waals surface area contributed by atoms with Crippen LogP contribution >= 0.6 is 0 Å². The lowest BCUT2D eigenvalue weighted by Crippen LogP contribution is -2.45. The van der Waals surface area contributed by atoms with Crippen molar-refractivity contribution in [1.29, 1.82) is 0 Å². The van der Waals surface area contributed by atoms with Gasteiger partial charge in [0, 0.05) is 13.5 Å². The minimum Gasteiger partial charge on any atom is -0.481 e. The fourth-order valence-corrected chi connectivity index (χ4v) is 1.01. The molecule has 0 aromatic heterocycles. The Hall–Kier alpha value is -1.67. The number of rotatable bonds is 8. The van der Waals surface area contributed by atoms with E-state index in [4.69, 9.17) is 15.9 Å². The third kappa shape index (κ3) is 6.48. The molecular formula is C9H16N2O6. The number of ether oxygens (including phenoxy) is 1. The zero-order valence-electron chi connectivity index (χ0n) is 9.38. The molecule has 0 aromatic carbocycles. The van der Waals surface area contributed by atoms with Crippen LogP contribution in [0.1, 0.15) is 12.8 Å². The van der Waals surface area contributed by atoms with Gasteiger partial charge in [-0.3, -0.25) is 9.59 Å². The van der Waals surface area contributed by atoms with Gasteiger partial charge in [0.25, 0.3) is 0 Å². The molecule has 0 spiro atoms. The average molecular weight is 248 g/mol. The maximum Gasteiger partial charge on any atom is 0.334 e. The molecule has 0 aliphatic rings. The summed E-state index contributed by atoms with van der Waals surface area (Å²) in [5.74, 6) is -2.85. The van der Waals surface area contributed by atoms with Gasteiger partial charge >= 0.3 is 11.9 Å². The molecule has 0 aliphatic heterocycles. The smallest absolute Gasteiger partial charge is 0.334 e. The van der Waals surface area contributed by atoms with Crippen molar-refractivity contribution in [3.05, 3.63) is 0 Å². The van der Waals surface area contributed by atoms with Crippen LogP contribution in [-0.2, 0) is 19.1 Å². The Morgan fingerprint density at radius 1 is 1.35 bits per heavy atom. The number of hydrogen-bond donors (Lipinski definition) is 4. The minimum atomic E-state index is -1.20. The van der Waals surface area contributed by atoms with Gasteiger partial charge in [0.2, 0.25) is 5.91 Å². The third-order valence-electron chi connectivity index (χ3n) is 2.03. The van der Waals surface area contributed by atoms with Crippen LogP contribution in [0.25, 0.3) is 0 Å². The predicted molar refractivity (Wildman–Crippen MR) is 56.3 cm³/mol. The van der Waals surface area contributed by atoms with Crippen LogP contribution < -0.4 is 11.1 Å². The molecular weight excluding hydrogens is 232 g/mol. The average Bonchev–Trinajstić information content (AvgIpc) is 2.25. The van der Waals surface area contributed by atoms with E-state index < -0.39 is 30.0 Å². The van der Waals surface area contributed by atoms with Gasteiger partial charge < -0.3 is 26.0 Å². The summed E-state index contributed by atoms with van der Waals surface area (Å²) in [6.45, 7) is -0.217. The van der Waals surface area contributed by atoms with E-state index in [-0.39, 0.29) is 19.4 Å². The number of carboxylic acids is 2. The van der Waals surface area contributed by atoms with Crippen LogP contribution in [0.15, 0.2) is 0 Å². The van der Waals surface area contributed by atoms with Crippen molar-refractivity contribution in [3.63, 3.8) is 0 Å². The SMILES string of the molecule is COC(CNC(=O)C(N)CCC(=O)O)C(=O)O. The van der Waals surface area contributed by atoms with Gasteiger partial charge in [-0.2, -0.15) is 0 Å². The normalized spacial score (nSPS) is 13.8. The highest BCUT2D eigenvalue weighted by atomic mass is 16.5. The van der Waals surface area contributed by atoms with Gasteiger partial charge in [-0.25, -0.2) is 4.79 Å². The first-order chi connectivity index (χ1) is 7.88. The van der Waals surface area contributed by atoms with E-state index >= 15 is 0 Å². The van der Waals surface area contributed by atoms with Gasteiger partial charge in [0.1, 0.15) is 0 Å². The second-order valence-electron chi connectivity index (χ2n) is 3.35. The number of nitrogens with one attached hydrogen (secondary N) is 1. The van der Waals surface area contributed by atoms with Crippen LogP contribution in [0.3, 0.4) is 0 Å². The molecule has 0 aromatic rings. The first-order valence-electron chi connectivity index (χ1n) is 4.89. The zero-order valence-corrected chi connectivity index (χ0v) is 9.38. The molecule has 0 radical (unpaired) electrons. The topological polar surface area (TPSA) is 139 Å². The van der Waals surface area contributed by atoms with E-state index in [2.05, 4.69) is 10.1 Å². The van der Waals surface area contributed by atoms with Crippen LogP contribution in [0.2, 0.25) is 0 Å². The highest BCUT2D eigenvalue weighted by molar-refractivity contribution is 5.83. The van der Waals surface area contributed by atoms with Crippen molar-refractivity contribution < 1.29 is 29.3 Å². The van der Waals surface area contributed by atoms with Crippen LogP contribution in [0.4, 0.5) is 0 Å². The lowest BCUT2D eigenvalue weighted by Gasteiger charge is -2.14. The van der Waals surface area contributed by atoms with Gasteiger partial charge in [-0.1, -0.05) is 0 Å². The summed E-state index contributed by atoms with van der Waals surface area (Å²) in [4.78, 5) is 32.1. The third-order valence-corrected chi connectivity index (χ3v) is 2.03. The monoisotopic (exact) mass is 248 g/mol. The van der Waals surface area contributed by atoms with E-state index in [0.29, 0.717) is 0 Å². The van der Waals surface area contributed by atoms with Crippen molar-refractivity contribution in [2.75, 3.05) is 13.7 Å². The minimum absolute atomic E-state index is 0.00805. The molecule has 5 N–H and O–H groups in total. The quantitative estimate of drug-likeness (QED) is 0.405. The highest BCUT2D eigenvalue weighted by Crippen LogP contribution is 1.95. The second-order valence-corrected chi connectivity index (χ2v) is 3.35. The molecule has 0 saturated heterocycles. The van der Waals surface area contributed by atoms with Crippen LogP contribution in [0.5, 0.6) is 0 Å². The number of methoxy groups -OCH3 is 1. The largest absolute Gasteiger partial charge is 0.481 e. The lowest BCUT2D eigenvalue weighted by molar-refractivity contribution is -0.148. The maximum atomic E-state index is 11.3. The summed E-state index contributed by atoms with van der Waals surface area (Å²) in [5.41, 5.74) is 5.41. The number of nitrogens with two attached hydrogens (primary N) is 1. The molecule has 0 fully saturated rings. The predicted octanol–water partition coefficient (Wildman–Crippen LogP) is -1.61. The number of amides is 1. The van der Waals surface area contributed by atoms with E-state index in [9.17, 15) is 14.4 Å². The zero-order chi connectivity index (χ0) is 13.4. The van der Waals surface area contributed by atoms with E-state index in [1.54, 1.807) is 0 Å². The summed E-state index contributed by atoms with van der Waals surface area (Å²) in [6, 6.07) is -0.975. The molecule has 0 heterocycles. The Morgan fingerprint density at radius 3 is 2.35 bits per heavy atom. The fraction of sp³-hybridized carbons (Fsp3) is 0.667. The highest BCUT2D eigenvalue weighted by Gasteiger charge is 2.20. The van der Waals surface area contributed by atoms with E-state index in [1.165, 1.54) is 7.11 Å². The Kier molecular flexibility index (Phi) is 6.83. The number of carbonyl (C=O) groups is 3. The van der Waals surface area contributed by atoms with Gasteiger partial charge in [0.05, 0.1) is 12.6 Å². The summed E-state index contributed by atoms with van der Waals surface area (Å²) in [5, 5.41) is 19.3. The fourth-order valence-electron chi connectivity index (χ4n) is 1.01. The molecule has 2 atom stereocenters. The first kappa shape index (κ1) is 15.3. The number of hydrogen-bond acceptors (Lipinski definition) is 5. The van der Waals surface area contributed by atoms with Crippen molar-refractivity contribution >= 4 is 17.8 Å². The molecule has 0 saturated carbocycles. The Morgan fingerprint density at radius 2 is 1.94 bits per heavy atom. The second kappa shape index (κ2) is 7.58. The standard InChI is InChI=1S/C9H16N2O6/c1-17-6(9(15)16)4-11-8(14)5(10)2-3-7(12)13/h5-6H,2-4,10H2,1H3,(H,11,14)(H,12,13)(H,15,16). The van der Waals surface area contributed by atoms with Gasteiger partial charge in [0.15, 0.2) is 6.10 Å². The number of carbonyl (C=O) groups excluding carboxylic acids is 1. The van der Waals surface area contributed by atoms with Crippen molar-refractivity contribution in [2.45, 2.75) is 25.0 Å². The molecule has 17 heavy (non-hydrogen) atoms. The number of carboxylic acid groups (broad SMARTS) is 2. The van der Waals surface area contributed by atoms with Crippen LogP contribution in [0, 0.1) is 0 Å². The summed E-state index contributed by atoms with van der Waals surface area (Å²) in [7, 11) is 1.20. The van der Waals surface area contributed by atoms with Crippen molar-refractivity contribution in [2.24, 2.45) is 5.73 Å². The van der Waals surface area contributed by atoms with E-state index in [0.717, 1.165) is 0 Å². The van der Waals surface area contributed by atoms with Crippen LogP contribution in [-0.4, -0.2) is 53.9 Å². The molecule has 2 unspecified atom stereocenters. The van der Waals surface area contributed by atoms with Crippen molar-refractivity contribution in [3.8, 4) is 0 Å².